The molecule has 66 valence electrons. The summed E-state index contributed by atoms with van der Waals surface area (Å²) >= 11 is 0. The molecule has 0 aliphatic carbocycles. The van der Waals surface area contributed by atoms with Gasteiger partial charge in [-0.25, -0.2) is 0 Å². The van der Waals surface area contributed by atoms with Gasteiger partial charge in [0.15, 0.2) is 12.1 Å². The van der Waals surface area contributed by atoms with Crippen molar-refractivity contribution < 1.29 is 14.2 Å². The summed E-state index contributed by atoms with van der Waals surface area (Å²) in [4.78, 5) is 0. The Morgan fingerprint density at radius 1 is 1.55 bits per heavy atom. The molecule has 0 spiro atoms. The molecule has 0 amide bonds. The van der Waals surface area contributed by atoms with E-state index in [1.54, 1.807) is 14.2 Å². The third-order valence-corrected chi connectivity index (χ3v) is 2.15. The second kappa shape index (κ2) is 3.06. The molecule has 3 unspecified atom stereocenters. The molecule has 1 heterocycles. The van der Waals surface area contributed by atoms with Gasteiger partial charge in [0.05, 0.1) is 6.04 Å². The van der Waals surface area contributed by atoms with Crippen LogP contribution in [0.4, 0.5) is 0 Å². The van der Waals surface area contributed by atoms with E-state index in [-0.39, 0.29) is 12.3 Å². The van der Waals surface area contributed by atoms with Crippen molar-refractivity contribution in [2.45, 2.75) is 31.5 Å². The number of rotatable bonds is 2. The highest BCUT2D eigenvalue weighted by Crippen LogP contribution is 2.29. The molecule has 1 fully saturated rings. The van der Waals surface area contributed by atoms with Gasteiger partial charge in [-0.05, 0) is 6.92 Å². The molecule has 0 saturated carbocycles. The number of nitrogens with two attached hydrogens (primary N) is 1. The maximum Gasteiger partial charge on any atom is 0.183 e. The lowest BCUT2D eigenvalue weighted by atomic mass is 10.1. The highest BCUT2D eigenvalue weighted by atomic mass is 16.8. The minimum absolute atomic E-state index is 0.113. The third kappa shape index (κ3) is 1.54. The first kappa shape index (κ1) is 8.93. The van der Waals surface area contributed by atoms with Crippen LogP contribution in [0.3, 0.4) is 0 Å². The lowest BCUT2D eigenvalue weighted by Gasteiger charge is -2.25. The smallest absolute Gasteiger partial charge is 0.183 e. The van der Waals surface area contributed by atoms with E-state index in [4.69, 9.17) is 19.9 Å². The van der Waals surface area contributed by atoms with Gasteiger partial charge in [-0.1, -0.05) is 0 Å². The van der Waals surface area contributed by atoms with E-state index in [9.17, 15) is 0 Å². The van der Waals surface area contributed by atoms with Crippen LogP contribution in [0.25, 0.3) is 0 Å². The van der Waals surface area contributed by atoms with E-state index in [1.165, 1.54) is 0 Å². The Kier molecular flexibility index (Phi) is 2.49. The lowest BCUT2D eigenvalue weighted by Crippen LogP contribution is -2.43. The first-order chi connectivity index (χ1) is 5.12. The van der Waals surface area contributed by atoms with Crippen LogP contribution in [0.2, 0.25) is 0 Å². The molecule has 4 heteroatoms. The monoisotopic (exact) mass is 161 g/mol. The van der Waals surface area contributed by atoms with Gasteiger partial charge in [0.2, 0.25) is 0 Å². The molecule has 0 radical (unpaired) electrons. The van der Waals surface area contributed by atoms with E-state index in [0.717, 1.165) is 0 Å². The minimum atomic E-state index is -0.680. The van der Waals surface area contributed by atoms with Gasteiger partial charge in [-0.15, -0.1) is 0 Å². The van der Waals surface area contributed by atoms with Gasteiger partial charge >= 0.3 is 0 Å². The predicted octanol–water partition coefficient (Wildman–Crippen LogP) is 0.0691. The van der Waals surface area contributed by atoms with E-state index in [0.29, 0.717) is 6.42 Å². The minimum Gasteiger partial charge on any atom is -0.356 e. The normalized spacial score (nSPS) is 44.7. The molecule has 1 aliphatic heterocycles. The maximum absolute atomic E-state index is 5.76. The summed E-state index contributed by atoms with van der Waals surface area (Å²) in [5, 5.41) is 0. The second-order valence-electron chi connectivity index (χ2n) is 2.85. The molecule has 4 nitrogen and oxygen atoms in total. The van der Waals surface area contributed by atoms with E-state index >= 15 is 0 Å². The Bertz CT molecular complexity index is 142. The zero-order valence-corrected chi connectivity index (χ0v) is 7.16. The van der Waals surface area contributed by atoms with Crippen molar-refractivity contribution in [1.29, 1.82) is 0 Å². The Balaban J connectivity index is 2.57. The summed E-state index contributed by atoms with van der Waals surface area (Å²) in [6, 6.07) is -0.113. The Morgan fingerprint density at radius 3 is 2.45 bits per heavy atom. The third-order valence-electron chi connectivity index (χ3n) is 2.15. The molecular formula is C7H15NO3. The Hall–Kier alpha value is -0.160. The topological polar surface area (TPSA) is 53.7 Å². The van der Waals surface area contributed by atoms with Crippen LogP contribution in [0, 0.1) is 0 Å². The SMILES string of the molecule is COC1CC(N)C(C)(OC)O1. The summed E-state index contributed by atoms with van der Waals surface area (Å²) in [7, 11) is 3.18. The predicted molar refractivity (Wildman–Crippen MR) is 39.9 cm³/mol. The van der Waals surface area contributed by atoms with Crippen LogP contribution >= 0.6 is 0 Å². The van der Waals surface area contributed by atoms with Crippen LogP contribution < -0.4 is 5.73 Å². The van der Waals surface area contributed by atoms with Crippen molar-refractivity contribution >= 4 is 0 Å². The standard InChI is InChI=1S/C7H15NO3/c1-7(10-3)5(8)4-6(9-2)11-7/h5-6H,4,8H2,1-3H3. The first-order valence-corrected chi connectivity index (χ1v) is 3.63. The fourth-order valence-corrected chi connectivity index (χ4v) is 1.16. The van der Waals surface area contributed by atoms with Crippen molar-refractivity contribution in [3.63, 3.8) is 0 Å². The van der Waals surface area contributed by atoms with Crippen LogP contribution in [0.15, 0.2) is 0 Å². The average molecular weight is 161 g/mol. The van der Waals surface area contributed by atoms with Gasteiger partial charge in [0.25, 0.3) is 0 Å². The van der Waals surface area contributed by atoms with Crippen molar-refractivity contribution in [2.24, 2.45) is 5.73 Å². The van der Waals surface area contributed by atoms with E-state index in [2.05, 4.69) is 0 Å². The van der Waals surface area contributed by atoms with Gasteiger partial charge < -0.3 is 19.9 Å². The van der Waals surface area contributed by atoms with E-state index in [1.807, 2.05) is 6.92 Å². The van der Waals surface area contributed by atoms with E-state index < -0.39 is 5.79 Å². The van der Waals surface area contributed by atoms with Crippen molar-refractivity contribution in [3.8, 4) is 0 Å². The molecule has 0 bridgehead atoms. The number of ether oxygens (including phenoxy) is 3. The molecule has 1 saturated heterocycles. The van der Waals surface area contributed by atoms with Crippen LogP contribution in [-0.4, -0.2) is 32.3 Å². The fraction of sp³-hybridized carbons (Fsp3) is 1.00. The zero-order chi connectivity index (χ0) is 8.48. The number of hydrogen-bond acceptors (Lipinski definition) is 4. The van der Waals surface area contributed by atoms with Crippen molar-refractivity contribution in [3.05, 3.63) is 0 Å². The highest BCUT2D eigenvalue weighted by molar-refractivity contribution is 4.85. The van der Waals surface area contributed by atoms with Gasteiger partial charge in [0.1, 0.15) is 0 Å². The van der Waals surface area contributed by atoms with Crippen LogP contribution in [-0.2, 0) is 14.2 Å². The average Bonchev–Trinajstić information content (AvgIpc) is 2.29. The molecule has 11 heavy (non-hydrogen) atoms. The molecule has 1 aliphatic rings. The number of methoxy groups -OCH3 is 2. The Labute approximate surface area is 66.6 Å². The summed E-state index contributed by atoms with van der Waals surface area (Å²) in [5.74, 6) is -0.680. The van der Waals surface area contributed by atoms with Crippen LogP contribution in [0.5, 0.6) is 0 Å². The molecular weight excluding hydrogens is 146 g/mol. The quantitative estimate of drug-likeness (QED) is 0.622. The lowest BCUT2D eigenvalue weighted by molar-refractivity contribution is -0.249. The fourth-order valence-electron chi connectivity index (χ4n) is 1.16. The zero-order valence-electron chi connectivity index (χ0n) is 7.16. The first-order valence-electron chi connectivity index (χ1n) is 3.63. The van der Waals surface area contributed by atoms with Crippen LogP contribution in [0.1, 0.15) is 13.3 Å². The Morgan fingerprint density at radius 2 is 2.18 bits per heavy atom. The number of hydrogen-bond donors (Lipinski definition) is 1. The maximum atomic E-state index is 5.76. The summed E-state index contributed by atoms with van der Waals surface area (Å²) < 4.78 is 15.5. The molecule has 2 N–H and O–H groups in total. The second-order valence-corrected chi connectivity index (χ2v) is 2.85. The molecule has 0 aromatic heterocycles. The van der Waals surface area contributed by atoms with Gasteiger partial charge in [-0.2, -0.15) is 0 Å². The molecule has 3 atom stereocenters. The van der Waals surface area contributed by atoms with Gasteiger partial charge in [0, 0.05) is 20.6 Å². The summed E-state index contributed by atoms with van der Waals surface area (Å²) in [6.45, 7) is 1.82. The highest BCUT2D eigenvalue weighted by Gasteiger charge is 2.43. The summed E-state index contributed by atoms with van der Waals surface area (Å²) in [5.41, 5.74) is 5.76. The van der Waals surface area contributed by atoms with Crippen molar-refractivity contribution in [1.82, 2.24) is 0 Å². The summed E-state index contributed by atoms with van der Waals surface area (Å²) in [6.07, 6.45) is 0.454. The van der Waals surface area contributed by atoms with Crippen molar-refractivity contribution in [2.75, 3.05) is 14.2 Å². The molecule has 1 rings (SSSR count). The van der Waals surface area contributed by atoms with Gasteiger partial charge in [-0.3, -0.25) is 0 Å². The largest absolute Gasteiger partial charge is 0.356 e. The molecule has 0 aromatic carbocycles. The molecule has 0 aromatic rings.